The summed E-state index contributed by atoms with van der Waals surface area (Å²) in [4.78, 5) is 13.3. The topological polar surface area (TPSA) is 41.6 Å². The van der Waals surface area contributed by atoms with Crippen molar-refractivity contribution in [2.75, 3.05) is 40.3 Å². The molecule has 0 aromatic heterocycles. The predicted molar refractivity (Wildman–Crippen MR) is 69.0 cm³/mol. The second kappa shape index (κ2) is 6.97. The third kappa shape index (κ3) is 5.50. The van der Waals surface area contributed by atoms with Gasteiger partial charge in [0.25, 0.3) is 0 Å². The highest BCUT2D eigenvalue weighted by atomic mass is 16.5. The highest BCUT2D eigenvalue weighted by Crippen LogP contribution is 2.29. The molecule has 0 atom stereocenters. The van der Waals surface area contributed by atoms with Crippen LogP contribution in [0.15, 0.2) is 0 Å². The van der Waals surface area contributed by atoms with Crippen LogP contribution in [0.1, 0.15) is 32.6 Å². The molecule has 0 radical (unpaired) electrons. The standard InChI is InChI=1S/C13H26N2O2/c1-13(6-9-15(2)10-7-13)11-14-8-4-5-12(16)17-3/h14H,4-11H2,1-3H3. The predicted octanol–water partition coefficient (Wildman–Crippen LogP) is 1.26. The number of likely N-dealkylation sites (tertiary alicyclic amines) is 1. The maximum atomic E-state index is 10.9. The molecule has 0 aromatic rings. The van der Waals surface area contributed by atoms with Gasteiger partial charge >= 0.3 is 5.97 Å². The van der Waals surface area contributed by atoms with E-state index in [1.807, 2.05) is 0 Å². The van der Waals surface area contributed by atoms with Gasteiger partial charge < -0.3 is 15.0 Å². The van der Waals surface area contributed by atoms with Gasteiger partial charge in [0.2, 0.25) is 0 Å². The van der Waals surface area contributed by atoms with E-state index >= 15 is 0 Å². The first-order valence-electron chi connectivity index (χ1n) is 6.52. The molecule has 1 heterocycles. The molecule has 1 rings (SSSR count). The number of carbonyl (C=O) groups is 1. The molecule has 1 aliphatic rings. The van der Waals surface area contributed by atoms with Gasteiger partial charge in [-0.05, 0) is 51.4 Å². The molecule has 17 heavy (non-hydrogen) atoms. The second-order valence-corrected chi connectivity index (χ2v) is 5.47. The van der Waals surface area contributed by atoms with Gasteiger partial charge in [-0.2, -0.15) is 0 Å². The van der Waals surface area contributed by atoms with E-state index in [4.69, 9.17) is 0 Å². The third-order valence-electron chi connectivity index (χ3n) is 3.71. The van der Waals surface area contributed by atoms with E-state index in [1.165, 1.54) is 33.0 Å². The van der Waals surface area contributed by atoms with Crippen molar-refractivity contribution in [1.82, 2.24) is 10.2 Å². The number of piperidine rings is 1. The largest absolute Gasteiger partial charge is 0.469 e. The Kier molecular flexibility index (Phi) is 5.92. The van der Waals surface area contributed by atoms with Gasteiger partial charge in [-0.15, -0.1) is 0 Å². The Bertz CT molecular complexity index is 236. The summed E-state index contributed by atoms with van der Waals surface area (Å²) in [5, 5.41) is 3.46. The van der Waals surface area contributed by atoms with Crippen LogP contribution in [0.3, 0.4) is 0 Å². The number of nitrogens with zero attached hydrogens (tertiary/aromatic N) is 1. The summed E-state index contributed by atoms with van der Waals surface area (Å²) in [5.41, 5.74) is 0.428. The maximum Gasteiger partial charge on any atom is 0.305 e. The van der Waals surface area contributed by atoms with Crippen molar-refractivity contribution in [3.63, 3.8) is 0 Å². The highest BCUT2D eigenvalue weighted by Gasteiger charge is 2.28. The molecule has 4 heteroatoms. The quantitative estimate of drug-likeness (QED) is 0.562. The number of rotatable bonds is 6. The fourth-order valence-corrected chi connectivity index (χ4v) is 2.19. The van der Waals surface area contributed by atoms with Crippen LogP contribution in [0.25, 0.3) is 0 Å². The lowest BCUT2D eigenvalue weighted by molar-refractivity contribution is -0.140. The minimum absolute atomic E-state index is 0.114. The van der Waals surface area contributed by atoms with Crippen molar-refractivity contribution in [2.45, 2.75) is 32.6 Å². The summed E-state index contributed by atoms with van der Waals surface area (Å²) in [6.07, 6.45) is 3.90. The molecular weight excluding hydrogens is 216 g/mol. The van der Waals surface area contributed by atoms with Gasteiger partial charge in [0.15, 0.2) is 0 Å². The molecule has 0 spiro atoms. The average Bonchev–Trinajstić information content (AvgIpc) is 2.32. The van der Waals surface area contributed by atoms with E-state index in [2.05, 4.69) is 28.9 Å². The van der Waals surface area contributed by atoms with Crippen molar-refractivity contribution in [3.05, 3.63) is 0 Å². The maximum absolute atomic E-state index is 10.9. The summed E-state index contributed by atoms with van der Waals surface area (Å²) in [6.45, 7) is 6.70. The van der Waals surface area contributed by atoms with Crippen LogP contribution in [0.5, 0.6) is 0 Å². The average molecular weight is 242 g/mol. The first-order chi connectivity index (χ1) is 8.06. The minimum atomic E-state index is -0.114. The Morgan fingerprint density at radius 3 is 2.65 bits per heavy atom. The molecular formula is C13H26N2O2. The van der Waals surface area contributed by atoms with Crippen LogP contribution >= 0.6 is 0 Å². The van der Waals surface area contributed by atoms with E-state index in [9.17, 15) is 4.79 Å². The molecule has 0 saturated carbocycles. The van der Waals surface area contributed by atoms with Crippen molar-refractivity contribution in [1.29, 1.82) is 0 Å². The third-order valence-corrected chi connectivity index (χ3v) is 3.71. The number of hydrogen-bond acceptors (Lipinski definition) is 4. The number of ether oxygens (including phenoxy) is 1. The fraction of sp³-hybridized carbons (Fsp3) is 0.923. The summed E-state index contributed by atoms with van der Waals surface area (Å²) in [7, 11) is 3.62. The van der Waals surface area contributed by atoms with E-state index in [0.717, 1.165) is 19.5 Å². The first kappa shape index (κ1) is 14.5. The van der Waals surface area contributed by atoms with Gasteiger partial charge in [-0.3, -0.25) is 4.79 Å². The second-order valence-electron chi connectivity index (χ2n) is 5.47. The molecule has 1 fully saturated rings. The molecule has 1 aliphatic heterocycles. The van der Waals surface area contributed by atoms with Gasteiger partial charge in [-0.25, -0.2) is 0 Å². The summed E-state index contributed by atoms with van der Waals surface area (Å²) in [5.74, 6) is -0.114. The van der Waals surface area contributed by atoms with Crippen LogP contribution in [0, 0.1) is 5.41 Å². The Morgan fingerprint density at radius 1 is 1.41 bits per heavy atom. The number of esters is 1. The molecule has 0 bridgehead atoms. The smallest absolute Gasteiger partial charge is 0.305 e. The Labute approximate surface area is 105 Å². The van der Waals surface area contributed by atoms with Gasteiger partial charge in [0, 0.05) is 13.0 Å². The number of carbonyl (C=O) groups excluding carboxylic acids is 1. The lowest BCUT2D eigenvalue weighted by atomic mass is 9.80. The summed E-state index contributed by atoms with van der Waals surface area (Å²) < 4.78 is 4.61. The minimum Gasteiger partial charge on any atom is -0.469 e. The molecule has 0 amide bonds. The summed E-state index contributed by atoms with van der Waals surface area (Å²) >= 11 is 0. The molecule has 0 aliphatic carbocycles. The Morgan fingerprint density at radius 2 is 2.06 bits per heavy atom. The number of methoxy groups -OCH3 is 1. The van der Waals surface area contributed by atoms with E-state index in [0.29, 0.717) is 11.8 Å². The fourth-order valence-electron chi connectivity index (χ4n) is 2.19. The molecule has 1 saturated heterocycles. The molecule has 100 valence electrons. The van der Waals surface area contributed by atoms with Crippen LogP contribution < -0.4 is 5.32 Å². The normalized spacial score (nSPS) is 20.2. The van der Waals surface area contributed by atoms with Crippen molar-refractivity contribution in [3.8, 4) is 0 Å². The summed E-state index contributed by atoms with van der Waals surface area (Å²) in [6, 6.07) is 0. The SMILES string of the molecule is COC(=O)CCCNCC1(C)CCN(C)CC1. The van der Waals surface area contributed by atoms with Crippen LogP contribution in [0.4, 0.5) is 0 Å². The monoisotopic (exact) mass is 242 g/mol. The van der Waals surface area contributed by atoms with Crippen LogP contribution in [-0.2, 0) is 9.53 Å². The zero-order valence-corrected chi connectivity index (χ0v) is 11.4. The number of nitrogens with one attached hydrogen (secondary N) is 1. The van der Waals surface area contributed by atoms with E-state index < -0.39 is 0 Å². The van der Waals surface area contributed by atoms with Gasteiger partial charge in [0.1, 0.15) is 0 Å². The highest BCUT2D eigenvalue weighted by molar-refractivity contribution is 5.69. The van der Waals surface area contributed by atoms with Crippen LogP contribution in [0.2, 0.25) is 0 Å². The Balaban J connectivity index is 2.07. The van der Waals surface area contributed by atoms with Crippen molar-refractivity contribution >= 4 is 5.97 Å². The lowest BCUT2D eigenvalue weighted by Gasteiger charge is -2.38. The first-order valence-corrected chi connectivity index (χ1v) is 6.52. The zero-order chi connectivity index (χ0) is 12.7. The van der Waals surface area contributed by atoms with Crippen molar-refractivity contribution < 1.29 is 9.53 Å². The number of hydrogen-bond donors (Lipinski definition) is 1. The van der Waals surface area contributed by atoms with Gasteiger partial charge in [-0.1, -0.05) is 6.92 Å². The van der Waals surface area contributed by atoms with Crippen molar-refractivity contribution in [2.24, 2.45) is 5.41 Å². The molecule has 0 unspecified atom stereocenters. The molecule has 4 nitrogen and oxygen atoms in total. The van der Waals surface area contributed by atoms with E-state index in [1.54, 1.807) is 0 Å². The van der Waals surface area contributed by atoms with Crippen LogP contribution in [-0.4, -0.2) is 51.2 Å². The van der Waals surface area contributed by atoms with E-state index in [-0.39, 0.29) is 5.97 Å². The molecule has 0 aromatic carbocycles. The zero-order valence-electron chi connectivity index (χ0n) is 11.4. The van der Waals surface area contributed by atoms with Gasteiger partial charge in [0.05, 0.1) is 7.11 Å². The molecule has 1 N–H and O–H groups in total. The Hall–Kier alpha value is -0.610. The lowest BCUT2D eigenvalue weighted by Crippen LogP contribution is -2.42.